The Bertz CT molecular complexity index is 1740. The van der Waals surface area contributed by atoms with Gasteiger partial charge in [-0.2, -0.15) is 0 Å². The maximum atomic E-state index is 6.81. The van der Waals surface area contributed by atoms with E-state index in [1.807, 2.05) is 12.1 Å². The third-order valence-corrected chi connectivity index (χ3v) is 8.13. The van der Waals surface area contributed by atoms with Gasteiger partial charge in [-0.3, -0.25) is 0 Å². The second-order valence-corrected chi connectivity index (χ2v) is 11.4. The van der Waals surface area contributed by atoms with Crippen LogP contribution in [0.25, 0.3) is 55.6 Å². The minimum atomic E-state index is 0.754. The van der Waals surface area contributed by atoms with Gasteiger partial charge in [-0.05, 0) is 84.3 Å². The Morgan fingerprint density at radius 2 is 0.524 bits per heavy atom. The van der Waals surface area contributed by atoms with E-state index >= 15 is 0 Å². The van der Waals surface area contributed by atoms with Crippen molar-refractivity contribution in [2.75, 3.05) is 11.5 Å². The molecule has 0 unspecified atom stereocenters. The summed E-state index contributed by atoms with van der Waals surface area (Å²) < 4.78 is 0. The standard InChI is InChI=1S/C40H36N2/c1-25-5-13-29(14-6-25)37-33(21-23-35(41)39(37)31-17-9-27(3)10-18-31)34-22-24-36(42)40(32-19-11-28(4)12-20-32)38(34)30-15-7-26(2)8-16-30/h5-24H,41-42H2,1-4H3. The van der Waals surface area contributed by atoms with Gasteiger partial charge in [0.2, 0.25) is 0 Å². The highest BCUT2D eigenvalue weighted by atomic mass is 14.6. The molecule has 2 heteroatoms. The Morgan fingerprint density at radius 3 is 0.786 bits per heavy atom. The number of nitrogens with two attached hydrogens (primary N) is 2. The first-order valence-electron chi connectivity index (χ1n) is 14.4. The minimum absolute atomic E-state index is 0.754. The monoisotopic (exact) mass is 544 g/mol. The molecule has 0 aliphatic carbocycles. The third kappa shape index (κ3) is 5.08. The van der Waals surface area contributed by atoms with Crippen molar-refractivity contribution in [3.05, 3.63) is 144 Å². The molecule has 0 fully saturated rings. The van der Waals surface area contributed by atoms with Gasteiger partial charge in [0.15, 0.2) is 0 Å². The van der Waals surface area contributed by atoms with Crippen molar-refractivity contribution in [2.45, 2.75) is 27.7 Å². The van der Waals surface area contributed by atoms with Crippen LogP contribution in [0.2, 0.25) is 0 Å². The van der Waals surface area contributed by atoms with Gasteiger partial charge in [-0.25, -0.2) is 0 Å². The summed E-state index contributed by atoms with van der Waals surface area (Å²) >= 11 is 0. The second-order valence-electron chi connectivity index (χ2n) is 11.4. The van der Waals surface area contributed by atoms with Crippen LogP contribution < -0.4 is 11.5 Å². The Balaban J connectivity index is 1.74. The van der Waals surface area contributed by atoms with E-state index in [0.29, 0.717) is 0 Å². The predicted molar refractivity (Wildman–Crippen MR) is 181 cm³/mol. The van der Waals surface area contributed by atoms with Crippen molar-refractivity contribution in [3.8, 4) is 55.6 Å². The Morgan fingerprint density at radius 1 is 0.286 bits per heavy atom. The lowest BCUT2D eigenvalue weighted by molar-refractivity contribution is 1.45. The summed E-state index contributed by atoms with van der Waals surface area (Å²) in [6, 6.07) is 43.2. The van der Waals surface area contributed by atoms with E-state index in [0.717, 1.165) is 67.0 Å². The zero-order chi connectivity index (χ0) is 29.4. The van der Waals surface area contributed by atoms with Gasteiger partial charge >= 0.3 is 0 Å². The quantitative estimate of drug-likeness (QED) is 0.212. The van der Waals surface area contributed by atoms with Crippen LogP contribution in [0, 0.1) is 27.7 Å². The van der Waals surface area contributed by atoms with E-state index in [2.05, 4.69) is 137 Å². The van der Waals surface area contributed by atoms with Crippen LogP contribution in [0.1, 0.15) is 22.3 Å². The summed E-state index contributed by atoms with van der Waals surface area (Å²) in [5.74, 6) is 0. The van der Waals surface area contributed by atoms with E-state index < -0.39 is 0 Å². The molecule has 0 spiro atoms. The van der Waals surface area contributed by atoms with Crippen LogP contribution in [0.4, 0.5) is 11.4 Å². The van der Waals surface area contributed by atoms with Gasteiger partial charge in [0.25, 0.3) is 0 Å². The second kappa shape index (κ2) is 11.1. The van der Waals surface area contributed by atoms with Crippen LogP contribution in [-0.4, -0.2) is 0 Å². The van der Waals surface area contributed by atoms with Crippen molar-refractivity contribution in [1.82, 2.24) is 0 Å². The third-order valence-electron chi connectivity index (χ3n) is 8.13. The van der Waals surface area contributed by atoms with Crippen LogP contribution >= 0.6 is 0 Å². The summed E-state index contributed by atoms with van der Waals surface area (Å²) in [5.41, 5.74) is 31.0. The maximum absolute atomic E-state index is 6.81. The summed E-state index contributed by atoms with van der Waals surface area (Å²) in [6.07, 6.45) is 0. The summed E-state index contributed by atoms with van der Waals surface area (Å²) in [5, 5.41) is 0. The molecular formula is C40H36N2. The smallest absolute Gasteiger partial charge is 0.0400 e. The number of benzene rings is 6. The van der Waals surface area contributed by atoms with Gasteiger partial charge in [-0.15, -0.1) is 0 Å². The van der Waals surface area contributed by atoms with Gasteiger partial charge in [0, 0.05) is 22.5 Å². The van der Waals surface area contributed by atoms with Crippen LogP contribution in [0.3, 0.4) is 0 Å². The Hall–Kier alpha value is -5.08. The number of rotatable bonds is 5. The zero-order valence-corrected chi connectivity index (χ0v) is 24.7. The molecule has 0 saturated carbocycles. The van der Waals surface area contributed by atoms with E-state index in [9.17, 15) is 0 Å². The molecular weight excluding hydrogens is 508 g/mol. The van der Waals surface area contributed by atoms with E-state index in [1.54, 1.807) is 0 Å². The lowest BCUT2D eigenvalue weighted by Gasteiger charge is -2.23. The highest BCUT2D eigenvalue weighted by molar-refractivity contribution is 6.06. The number of anilines is 2. The first-order valence-corrected chi connectivity index (χ1v) is 14.4. The van der Waals surface area contributed by atoms with E-state index in [-0.39, 0.29) is 0 Å². The average molecular weight is 545 g/mol. The first-order chi connectivity index (χ1) is 20.3. The highest BCUT2D eigenvalue weighted by Crippen LogP contribution is 2.49. The molecule has 0 amide bonds. The first kappa shape index (κ1) is 27.1. The van der Waals surface area contributed by atoms with E-state index in [1.165, 1.54) is 22.3 Å². The van der Waals surface area contributed by atoms with Gasteiger partial charge in [0.05, 0.1) is 0 Å². The molecule has 6 aromatic rings. The van der Waals surface area contributed by atoms with Crippen molar-refractivity contribution < 1.29 is 0 Å². The lowest BCUT2D eigenvalue weighted by Crippen LogP contribution is -2.00. The van der Waals surface area contributed by atoms with Crippen LogP contribution in [0.5, 0.6) is 0 Å². The molecule has 0 saturated heterocycles. The molecule has 0 radical (unpaired) electrons. The van der Waals surface area contributed by atoms with Crippen molar-refractivity contribution in [3.63, 3.8) is 0 Å². The van der Waals surface area contributed by atoms with Gasteiger partial charge < -0.3 is 11.5 Å². The maximum Gasteiger partial charge on any atom is 0.0400 e. The topological polar surface area (TPSA) is 52.0 Å². The predicted octanol–water partition coefficient (Wildman–Crippen LogP) is 10.4. The summed E-state index contributed by atoms with van der Waals surface area (Å²) in [4.78, 5) is 0. The molecule has 0 bridgehead atoms. The molecule has 206 valence electrons. The SMILES string of the molecule is Cc1ccc(-c2c(N)ccc(-c3ccc(N)c(-c4ccc(C)cc4)c3-c3ccc(C)cc3)c2-c2ccc(C)cc2)cc1. The van der Waals surface area contributed by atoms with Crippen molar-refractivity contribution in [1.29, 1.82) is 0 Å². The van der Waals surface area contributed by atoms with Crippen LogP contribution in [-0.2, 0) is 0 Å². The molecule has 0 aliphatic heterocycles. The molecule has 6 aromatic carbocycles. The zero-order valence-electron chi connectivity index (χ0n) is 24.7. The Kier molecular flexibility index (Phi) is 7.14. The number of aryl methyl sites for hydroxylation is 4. The summed E-state index contributed by atoms with van der Waals surface area (Å²) in [6.45, 7) is 8.46. The van der Waals surface area contributed by atoms with Gasteiger partial charge in [0.1, 0.15) is 0 Å². The molecule has 0 aliphatic rings. The molecule has 0 heterocycles. The average Bonchev–Trinajstić information content (AvgIpc) is 2.99. The lowest BCUT2D eigenvalue weighted by atomic mass is 9.81. The fraction of sp³-hybridized carbons (Fsp3) is 0.100. The molecule has 4 N–H and O–H groups in total. The van der Waals surface area contributed by atoms with Crippen molar-refractivity contribution >= 4 is 11.4 Å². The highest BCUT2D eigenvalue weighted by Gasteiger charge is 2.22. The number of hydrogen-bond acceptors (Lipinski definition) is 2. The fourth-order valence-corrected chi connectivity index (χ4v) is 5.79. The van der Waals surface area contributed by atoms with Crippen LogP contribution in [0.15, 0.2) is 121 Å². The van der Waals surface area contributed by atoms with Crippen molar-refractivity contribution in [2.24, 2.45) is 0 Å². The molecule has 0 atom stereocenters. The Labute approximate surface area is 249 Å². The molecule has 0 aromatic heterocycles. The number of hydrogen-bond donors (Lipinski definition) is 2. The molecule has 42 heavy (non-hydrogen) atoms. The van der Waals surface area contributed by atoms with Gasteiger partial charge in [-0.1, -0.05) is 131 Å². The molecule has 2 nitrogen and oxygen atoms in total. The fourth-order valence-electron chi connectivity index (χ4n) is 5.79. The van der Waals surface area contributed by atoms with E-state index in [4.69, 9.17) is 11.5 Å². The normalized spacial score (nSPS) is 11.0. The number of nitrogen functional groups attached to an aromatic ring is 2. The molecule has 6 rings (SSSR count). The largest absolute Gasteiger partial charge is 0.398 e. The minimum Gasteiger partial charge on any atom is -0.398 e. The summed E-state index contributed by atoms with van der Waals surface area (Å²) in [7, 11) is 0.